The molecular formula is C11H19F2NO4. The van der Waals surface area contributed by atoms with E-state index in [1.807, 2.05) is 0 Å². The van der Waals surface area contributed by atoms with Crippen molar-refractivity contribution in [1.82, 2.24) is 4.90 Å². The van der Waals surface area contributed by atoms with E-state index < -0.39 is 24.9 Å². The number of halogens is 2. The van der Waals surface area contributed by atoms with Crippen LogP contribution in [0.1, 0.15) is 20.3 Å². The van der Waals surface area contributed by atoms with Gasteiger partial charge >= 0.3 is 5.97 Å². The minimum atomic E-state index is -2.55. The number of ether oxygens (including phenoxy) is 1. The van der Waals surface area contributed by atoms with Gasteiger partial charge in [0, 0.05) is 13.1 Å². The van der Waals surface area contributed by atoms with Gasteiger partial charge in [-0.1, -0.05) is 6.92 Å². The zero-order valence-electron chi connectivity index (χ0n) is 10.6. The molecule has 1 amide bonds. The Bertz CT molecular complexity index is 274. The summed E-state index contributed by atoms with van der Waals surface area (Å²) in [6, 6.07) is 0. The van der Waals surface area contributed by atoms with Crippen LogP contribution in [0.25, 0.3) is 0 Å². The molecule has 0 spiro atoms. The van der Waals surface area contributed by atoms with Gasteiger partial charge in [-0.3, -0.25) is 9.59 Å². The highest BCUT2D eigenvalue weighted by Crippen LogP contribution is 2.03. The van der Waals surface area contributed by atoms with Crippen LogP contribution in [0.4, 0.5) is 8.78 Å². The lowest BCUT2D eigenvalue weighted by Gasteiger charge is -2.22. The van der Waals surface area contributed by atoms with Gasteiger partial charge in [0.05, 0.1) is 18.9 Å². The Morgan fingerprint density at radius 2 is 2.00 bits per heavy atom. The predicted octanol–water partition coefficient (Wildman–Crippen LogP) is 1.23. The number of alkyl halides is 2. The number of carbonyl (C=O) groups excluding carboxylic acids is 1. The molecule has 18 heavy (non-hydrogen) atoms. The number of aliphatic carboxylic acids is 1. The van der Waals surface area contributed by atoms with Crippen molar-refractivity contribution in [3.05, 3.63) is 0 Å². The quantitative estimate of drug-likeness (QED) is 0.638. The molecular weight excluding hydrogens is 248 g/mol. The second-order valence-corrected chi connectivity index (χ2v) is 3.89. The molecule has 1 N–H and O–H groups in total. The van der Waals surface area contributed by atoms with Gasteiger partial charge in [0.2, 0.25) is 5.91 Å². The van der Waals surface area contributed by atoms with Crippen LogP contribution >= 0.6 is 0 Å². The Labute approximate surface area is 105 Å². The number of hydrogen-bond acceptors (Lipinski definition) is 3. The highest BCUT2D eigenvalue weighted by molar-refractivity contribution is 5.77. The molecule has 0 aliphatic carbocycles. The fourth-order valence-corrected chi connectivity index (χ4v) is 1.31. The normalized spacial score (nSPS) is 12.5. The molecule has 0 heterocycles. The van der Waals surface area contributed by atoms with E-state index in [2.05, 4.69) is 4.74 Å². The molecule has 0 aliphatic heterocycles. The summed E-state index contributed by atoms with van der Waals surface area (Å²) in [5, 5.41) is 8.74. The largest absolute Gasteiger partial charge is 0.481 e. The summed E-state index contributed by atoms with van der Waals surface area (Å²) in [4.78, 5) is 23.7. The molecule has 5 nitrogen and oxygen atoms in total. The second-order valence-electron chi connectivity index (χ2n) is 3.89. The first-order chi connectivity index (χ1) is 8.38. The van der Waals surface area contributed by atoms with Crippen molar-refractivity contribution in [2.45, 2.75) is 26.7 Å². The summed E-state index contributed by atoms with van der Waals surface area (Å²) < 4.78 is 28.1. The van der Waals surface area contributed by atoms with Crippen LogP contribution in [0, 0.1) is 5.92 Å². The van der Waals surface area contributed by atoms with E-state index in [1.54, 1.807) is 6.92 Å². The maximum atomic E-state index is 11.8. The number of carboxylic acids is 1. The van der Waals surface area contributed by atoms with E-state index in [0.717, 1.165) is 0 Å². The molecule has 1 unspecified atom stereocenters. The van der Waals surface area contributed by atoms with Crippen molar-refractivity contribution in [2.75, 3.05) is 26.3 Å². The Kier molecular flexibility index (Phi) is 8.19. The molecule has 0 radical (unpaired) electrons. The van der Waals surface area contributed by atoms with Crippen LogP contribution < -0.4 is 0 Å². The molecule has 0 bridgehead atoms. The van der Waals surface area contributed by atoms with Crippen molar-refractivity contribution in [3.8, 4) is 0 Å². The average molecular weight is 267 g/mol. The number of carbonyl (C=O) groups is 2. The fourth-order valence-electron chi connectivity index (χ4n) is 1.31. The summed E-state index contributed by atoms with van der Waals surface area (Å²) in [5.74, 6) is -1.93. The monoisotopic (exact) mass is 267 g/mol. The lowest BCUT2D eigenvalue weighted by Crippen LogP contribution is -2.37. The number of nitrogens with zero attached hydrogens (tertiary/aromatic N) is 1. The Balaban J connectivity index is 4.00. The van der Waals surface area contributed by atoms with Crippen molar-refractivity contribution in [3.63, 3.8) is 0 Å². The van der Waals surface area contributed by atoms with Gasteiger partial charge in [0.1, 0.15) is 6.61 Å². The SMILES string of the molecule is CCN(CC(C)C(=O)O)C(=O)CCOCC(F)F. The Hall–Kier alpha value is -1.24. The summed E-state index contributed by atoms with van der Waals surface area (Å²) in [6.07, 6.45) is -2.57. The standard InChI is InChI=1S/C11H19F2NO4/c1-3-14(6-8(2)11(16)17)10(15)4-5-18-7-9(12)13/h8-9H,3-7H2,1-2H3,(H,16,17). The zero-order chi connectivity index (χ0) is 14.1. The lowest BCUT2D eigenvalue weighted by molar-refractivity contribution is -0.143. The van der Waals surface area contributed by atoms with Crippen LogP contribution in [0.2, 0.25) is 0 Å². The smallest absolute Gasteiger partial charge is 0.308 e. The third-order valence-corrected chi connectivity index (χ3v) is 2.35. The van der Waals surface area contributed by atoms with Crippen LogP contribution in [0.5, 0.6) is 0 Å². The zero-order valence-corrected chi connectivity index (χ0v) is 10.6. The maximum Gasteiger partial charge on any atom is 0.308 e. The molecule has 0 saturated heterocycles. The molecule has 0 aromatic rings. The van der Waals surface area contributed by atoms with E-state index in [1.165, 1.54) is 11.8 Å². The summed E-state index contributed by atoms with van der Waals surface area (Å²) >= 11 is 0. The van der Waals surface area contributed by atoms with E-state index in [9.17, 15) is 18.4 Å². The molecule has 0 saturated carbocycles. The van der Waals surface area contributed by atoms with Crippen LogP contribution in [0.15, 0.2) is 0 Å². The Morgan fingerprint density at radius 1 is 1.39 bits per heavy atom. The van der Waals surface area contributed by atoms with Crippen molar-refractivity contribution in [1.29, 1.82) is 0 Å². The van der Waals surface area contributed by atoms with Gasteiger partial charge in [-0.05, 0) is 6.92 Å². The average Bonchev–Trinajstić information content (AvgIpc) is 2.30. The molecule has 0 aromatic heterocycles. The van der Waals surface area contributed by atoms with Gasteiger partial charge in [0.15, 0.2) is 0 Å². The van der Waals surface area contributed by atoms with E-state index in [0.29, 0.717) is 6.54 Å². The summed E-state index contributed by atoms with van der Waals surface area (Å²) in [6.45, 7) is 2.95. The molecule has 0 aliphatic rings. The Morgan fingerprint density at radius 3 is 2.44 bits per heavy atom. The fraction of sp³-hybridized carbons (Fsp3) is 0.818. The molecule has 0 fully saturated rings. The first-order valence-corrected chi connectivity index (χ1v) is 5.74. The maximum absolute atomic E-state index is 11.8. The van der Waals surface area contributed by atoms with E-state index in [-0.39, 0.29) is 25.5 Å². The van der Waals surface area contributed by atoms with Crippen molar-refractivity contribution >= 4 is 11.9 Å². The topological polar surface area (TPSA) is 66.8 Å². The molecule has 0 rings (SSSR count). The molecule has 106 valence electrons. The van der Waals surface area contributed by atoms with Gasteiger partial charge in [0.25, 0.3) is 6.43 Å². The van der Waals surface area contributed by atoms with Crippen molar-refractivity contribution in [2.24, 2.45) is 5.92 Å². The van der Waals surface area contributed by atoms with Crippen molar-refractivity contribution < 1.29 is 28.2 Å². The predicted molar refractivity (Wildman–Crippen MR) is 60.5 cm³/mol. The van der Waals surface area contributed by atoms with Crippen LogP contribution in [0.3, 0.4) is 0 Å². The van der Waals surface area contributed by atoms with Gasteiger partial charge in [-0.2, -0.15) is 0 Å². The third-order valence-electron chi connectivity index (χ3n) is 2.35. The van der Waals surface area contributed by atoms with Gasteiger partial charge in [-0.25, -0.2) is 8.78 Å². The second kappa shape index (κ2) is 8.79. The molecule has 1 atom stereocenters. The number of hydrogen-bond donors (Lipinski definition) is 1. The first-order valence-electron chi connectivity index (χ1n) is 5.74. The van der Waals surface area contributed by atoms with E-state index >= 15 is 0 Å². The van der Waals surface area contributed by atoms with Crippen LogP contribution in [-0.4, -0.2) is 54.6 Å². The molecule has 7 heteroatoms. The highest BCUT2D eigenvalue weighted by atomic mass is 19.3. The minimum Gasteiger partial charge on any atom is -0.481 e. The molecule has 0 aromatic carbocycles. The minimum absolute atomic E-state index is 0.0209. The summed E-state index contributed by atoms with van der Waals surface area (Å²) in [7, 11) is 0. The first kappa shape index (κ1) is 16.8. The number of rotatable bonds is 9. The summed E-state index contributed by atoms with van der Waals surface area (Å²) in [5.41, 5.74) is 0. The number of carboxylic acid groups (broad SMARTS) is 1. The lowest BCUT2D eigenvalue weighted by atomic mass is 10.1. The van der Waals surface area contributed by atoms with E-state index in [4.69, 9.17) is 5.11 Å². The highest BCUT2D eigenvalue weighted by Gasteiger charge is 2.19. The van der Waals surface area contributed by atoms with Crippen LogP contribution in [-0.2, 0) is 14.3 Å². The number of amides is 1. The third kappa shape index (κ3) is 7.16. The van der Waals surface area contributed by atoms with Gasteiger partial charge < -0.3 is 14.7 Å². The van der Waals surface area contributed by atoms with Gasteiger partial charge in [-0.15, -0.1) is 0 Å².